The molecule has 0 unspecified atom stereocenters. The third-order valence-corrected chi connectivity index (χ3v) is 2.53. The Morgan fingerprint density at radius 1 is 0.923 bits per heavy atom. The molecule has 3 N–H and O–H groups in total. The molecular formula is C10H22O3. The van der Waals surface area contributed by atoms with E-state index in [-0.39, 0.29) is 24.5 Å². The van der Waals surface area contributed by atoms with Crippen molar-refractivity contribution in [2.75, 3.05) is 6.61 Å². The smallest absolute Gasteiger partial charge is 0.0796 e. The van der Waals surface area contributed by atoms with Crippen LogP contribution in [0.15, 0.2) is 0 Å². The molecule has 0 spiro atoms. The van der Waals surface area contributed by atoms with E-state index in [0.29, 0.717) is 6.42 Å². The van der Waals surface area contributed by atoms with Gasteiger partial charge in [0.05, 0.1) is 18.8 Å². The maximum absolute atomic E-state index is 9.49. The number of aliphatic hydroxyl groups is 3. The van der Waals surface area contributed by atoms with Gasteiger partial charge in [-0.05, 0) is 24.7 Å². The van der Waals surface area contributed by atoms with Crippen LogP contribution in [0.4, 0.5) is 0 Å². The van der Waals surface area contributed by atoms with E-state index in [4.69, 9.17) is 5.11 Å². The van der Waals surface area contributed by atoms with Crippen LogP contribution in [0.1, 0.15) is 33.6 Å². The van der Waals surface area contributed by atoms with Crippen molar-refractivity contribution < 1.29 is 15.3 Å². The molecule has 0 rings (SSSR count). The minimum absolute atomic E-state index is 0.0541. The van der Waals surface area contributed by atoms with Crippen LogP contribution in [0.2, 0.25) is 0 Å². The van der Waals surface area contributed by atoms with Crippen LogP contribution >= 0.6 is 0 Å². The van der Waals surface area contributed by atoms with Crippen molar-refractivity contribution in [3.63, 3.8) is 0 Å². The van der Waals surface area contributed by atoms with Gasteiger partial charge in [0.15, 0.2) is 0 Å². The molecule has 3 nitrogen and oxygen atoms in total. The Balaban J connectivity index is 3.63. The zero-order valence-corrected chi connectivity index (χ0v) is 8.77. The lowest BCUT2D eigenvalue weighted by Gasteiger charge is -2.20. The molecule has 13 heavy (non-hydrogen) atoms. The molecule has 0 bridgehead atoms. The van der Waals surface area contributed by atoms with Crippen molar-refractivity contribution in [3.05, 3.63) is 0 Å². The maximum atomic E-state index is 9.49. The van der Waals surface area contributed by atoms with Gasteiger partial charge in [0.25, 0.3) is 0 Å². The van der Waals surface area contributed by atoms with Crippen molar-refractivity contribution in [2.24, 2.45) is 11.8 Å². The van der Waals surface area contributed by atoms with E-state index >= 15 is 0 Å². The SMILES string of the molecule is CC(C)[C@H](O)CC[C@H](C)[C@H](O)CO. The van der Waals surface area contributed by atoms with E-state index in [2.05, 4.69) is 0 Å². The first-order valence-corrected chi connectivity index (χ1v) is 4.96. The van der Waals surface area contributed by atoms with Gasteiger partial charge in [0.1, 0.15) is 0 Å². The van der Waals surface area contributed by atoms with Crippen LogP contribution in [-0.2, 0) is 0 Å². The van der Waals surface area contributed by atoms with Gasteiger partial charge in [-0.3, -0.25) is 0 Å². The second-order valence-electron chi connectivity index (χ2n) is 4.12. The molecule has 0 aromatic heterocycles. The molecule has 0 fully saturated rings. The molecule has 0 aliphatic carbocycles. The van der Waals surface area contributed by atoms with E-state index in [9.17, 15) is 10.2 Å². The summed E-state index contributed by atoms with van der Waals surface area (Å²) < 4.78 is 0. The summed E-state index contributed by atoms with van der Waals surface area (Å²) in [7, 11) is 0. The second kappa shape index (κ2) is 6.35. The summed E-state index contributed by atoms with van der Waals surface area (Å²) in [6, 6.07) is 0. The molecule has 0 saturated carbocycles. The molecule has 0 heterocycles. The monoisotopic (exact) mass is 190 g/mol. The van der Waals surface area contributed by atoms with Crippen LogP contribution in [0.5, 0.6) is 0 Å². The molecule has 3 heteroatoms. The standard InChI is InChI=1S/C10H22O3/c1-7(2)9(12)5-4-8(3)10(13)6-11/h7-13H,4-6H2,1-3H3/t8-,9+,10+/m0/s1. The van der Waals surface area contributed by atoms with Crippen LogP contribution in [0.3, 0.4) is 0 Å². The Morgan fingerprint density at radius 2 is 1.46 bits per heavy atom. The van der Waals surface area contributed by atoms with Gasteiger partial charge in [-0.15, -0.1) is 0 Å². The van der Waals surface area contributed by atoms with E-state index in [0.717, 1.165) is 6.42 Å². The average Bonchev–Trinajstić information content (AvgIpc) is 2.11. The van der Waals surface area contributed by atoms with Crippen LogP contribution in [-0.4, -0.2) is 34.1 Å². The van der Waals surface area contributed by atoms with Crippen LogP contribution in [0.25, 0.3) is 0 Å². The van der Waals surface area contributed by atoms with Crippen molar-refractivity contribution in [3.8, 4) is 0 Å². The Labute approximate surface area is 80.4 Å². The predicted octanol–water partition coefficient (Wildman–Crippen LogP) is 0.773. The summed E-state index contributed by atoms with van der Waals surface area (Å²) in [6.45, 7) is 5.63. The van der Waals surface area contributed by atoms with Crippen LogP contribution < -0.4 is 0 Å². The molecule has 0 aliphatic rings. The van der Waals surface area contributed by atoms with E-state index in [1.165, 1.54) is 0 Å². The quantitative estimate of drug-likeness (QED) is 0.580. The number of hydrogen-bond donors (Lipinski definition) is 3. The zero-order valence-electron chi connectivity index (χ0n) is 8.77. The molecule has 80 valence electrons. The highest BCUT2D eigenvalue weighted by Crippen LogP contribution is 2.15. The molecule has 3 atom stereocenters. The number of aliphatic hydroxyl groups excluding tert-OH is 3. The Bertz CT molecular complexity index is 125. The topological polar surface area (TPSA) is 60.7 Å². The summed E-state index contributed by atoms with van der Waals surface area (Å²) in [6.07, 6.45) is 0.490. The van der Waals surface area contributed by atoms with Gasteiger partial charge in [-0.2, -0.15) is 0 Å². The summed E-state index contributed by atoms with van der Waals surface area (Å²) in [5, 5.41) is 27.4. The Morgan fingerprint density at radius 3 is 1.85 bits per heavy atom. The molecule has 0 saturated heterocycles. The molecule has 0 aliphatic heterocycles. The normalized spacial score (nSPS) is 18.7. The predicted molar refractivity (Wildman–Crippen MR) is 52.3 cm³/mol. The first-order valence-electron chi connectivity index (χ1n) is 4.96. The molecule has 0 aromatic carbocycles. The van der Waals surface area contributed by atoms with E-state index in [1.807, 2.05) is 20.8 Å². The highest BCUT2D eigenvalue weighted by atomic mass is 16.3. The van der Waals surface area contributed by atoms with Crippen molar-refractivity contribution in [2.45, 2.75) is 45.8 Å². The van der Waals surface area contributed by atoms with Gasteiger partial charge in [-0.1, -0.05) is 20.8 Å². The fraction of sp³-hybridized carbons (Fsp3) is 1.00. The van der Waals surface area contributed by atoms with Gasteiger partial charge < -0.3 is 15.3 Å². The third kappa shape index (κ3) is 5.24. The van der Waals surface area contributed by atoms with Crippen molar-refractivity contribution in [1.82, 2.24) is 0 Å². The molecule has 0 radical (unpaired) electrons. The molecule has 0 amide bonds. The average molecular weight is 190 g/mol. The van der Waals surface area contributed by atoms with E-state index in [1.54, 1.807) is 0 Å². The molecule has 0 aromatic rings. The van der Waals surface area contributed by atoms with Gasteiger partial charge in [0, 0.05) is 0 Å². The lowest BCUT2D eigenvalue weighted by atomic mass is 9.94. The van der Waals surface area contributed by atoms with Crippen molar-refractivity contribution in [1.29, 1.82) is 0 Å². The lowest BCUT2D eigenvalue weighted by molar-refractivity contribution is 0.0388. The third-order valence-electron chi connectivity index (χ3n) is 2.53. The summed E-state index contributed by atoms with van der Waals surface area (Å²) in [4.78, 5) is 0. The fourth-order valence-electron chi connectivity index (χ4n) is 1.14. The van der Waals surface area contributed by atoms with Crippen LogP contribution in [0, 0.1) is 11.8 Å². The summed E-state index contributed by atoms with van der Waals surface area (Å²) in [5.41, 5.74) is 0. The summed E-state index contributed by atoms with van der Waals surface area (Å²) in [5.74, 6) is 0.317. The number of hydrogen-bond acceptors (Lipinski definition) is 3. The lowest BCUT2D eigenvalue weighted by Crippen LogP contribution is -2.24. The second-order valence-corrected chi connectivity index (χ2v) is 4.12. The first-order chi connectivity index (χ1) is 5.99. The Kier molecular flexibility index (Phi) is 6.29. The minimum Gasteiger partial charge on any atom is -0.394 e. The number of rotatable bonds is 6. The van der Waals surface area contributed by atoms with Gasteiger partial charge in [-0.25, -0.2) is 0 Å². The zero-order chi connectivity index (χ0) is 10.4. The highest BCUT2D eigenvalue weighted by Gasteiger charge is 2.16. The fourth-order valence-corrected chi connectivity index (χ4v) is 1.14. The summed E-state index contributed by atoms with van der Waals surface area (Å²) >= 11 is 0. The van der Waals surface area contributed by atoms with Gasteiger partial charge >= 0.3 is 0 Å². The van der Waals surface area contributed by atoms with E-state index < -0.39 is 6.10 Å². The maximum Gasteiger partial charge on any atom is 0.0796 e. The molecular weight excluding hydrogens is 168 g/mol. The first kappa shape index (κ1) is 12.9. The minimum atomic E-state index is -0.653. The van der Waals surface area contributed by atoms with Crippen molar-refractivity contribution >= 4 is 0 Å². The largest absolute Gasteiger partial charge is 0.394 e. The highest BCUT2D eigenvalue weighted by molar-refractivity contribution is 4.67. The van der Waals surface area contributed by atoms with Gasteiger partial charge in [0.2, 0.25) is 0 Å². The Hall–Kier alpha value is -0.120.